The van der Waals surface area contributed by atoms with Crippen LogP contribution in [0.1, 0.15) is 32.1 Å². The standard InChI is InChI=1S/C10H18N2O/c1-12-7-6-9(11-13)8-4-2-3-5-10(8)12/h8,10,13H,2-7H2,1H3/b11-9-/t8-,10-/m0/s1. The average molecular weight is 182 g/mol. The molecule has 13 heavy (non-hydrogen) atoms. The second-order valence-corrected chi connectivity index (χ2v) is 4.28. The number of oxime groups is 1. The van der Waals surface area contributed by atoms with Crippen molar-refractivity contribution in [3.63, 3.8) is 0 Å². The minimum Gasteiger partial charge on any atom is -0.411 e. The van der Waals surface area contributed by atoms with Crippen LogP contribution in [0.25, 0.3) is 0 Å². The van der Waals surface area contributed by atoms with E-state index in [-0.39, 0.29) is 0 Å². The highest BCUT2D eigenvalue weighted by Crippen LogP contribution is 2.32. The summed E-state index contributed by atoms with van der Waals surface area (Å²) >= 11 is 0. The summed E-state index contributed by atoms with van der Waals surface area (Å²) < 4.78 is 0. The van der Waals surface area contributed by atoms with Crippen LogP contribution in [0.3, 0.4) is 0 Å². The van der Waals surface area contributed by atoms with Crippen molar-refractivity contribution in [3.8, 4) is 0 Å². The maximum atomic E-state index is 8.89. The van der Waals surface area contributed by atoms with E-state index in [2.05, 4.69) is 17.1 Å². The maximum Gasteiger partial charge on any atom is 0.0629 e. The minimum atomic E-state index is 0.539. The predicted molar refractivity (Wildman–Crippen MR) is 52.2 cm³/mol. The Morgan fingerprint density at radius 2 is 2.15 bits per heavy atom. The van der Waals surface area contributed by atoms with Crippen molar-refractivity contribution in [3.05, 3.63) is 0 Å². The van der Waals surface area contributed by atoms with Crippen LogP contribution in [-0.4, -0.2) is 35.5 Å². The van der Waals surface area contributed by atoms with E-state index in [9.17, 15) is 0 Å². The van der Waals surface area contributed by atoms with Gasteiger partial charge in [-0.05, 0) is 19.9 Å². The van der Waals surface area contributed by atoms with Gasteiger partial charge in [0.15, 0.2) is 0 Å². The molecule has 1 aliphatic carbocycles. The number of piperidine rings is 1. The summed E-state index contributed by atoms with van der Waals surface area (Å²) in [4.78, 5) is 2.43. The highest BCUT2D eigenvalue weighted by molar-refractivity contribution is 5.87. The second kappa shape index (κ2) is 3.66. The normalized spacial score (nSPS) is 39.0. The van der Waals surface area contributed by atoms with Gasteiger partial charge in [0.05, 0.1) is 5.71 Å². The lowest BCUT2D eigenvalue weighted by Gasteiger charge is -2.42. The molecule has 0 aromatic heterocycles. The van der Waals surface area contributed by atoms with Gasteiger partial charge < -0.3 is 10.1 Å². The molecular weight excluding hydrogens is 164 g/mol. The molecule has 2 aliphatic rings. The van der Waals surface area contributed by atoms with Gasteiger partial charge in [-0.15, -0.1) is 0 Å². The molecule has 3 nitrogen and oxygen atoms in total. The van der Waals surface area contributed by atoms with Gasteiger partial charge in [-0.3, -0.25) is 0 Å². The van der Waals surface area contributed by atoms with E-state index in [4.69, 9.17) is 5.21 Å². The van der Waals surface area contributed by atoms with Crippen LogP contribution in [0, 0.1) is 5.92 Å². The Morgan fingerprint density at radius 3 is 2.92 bits per heavy atom. The van der Waals surface area contributed by atoms with Crippen LogP contribution >= 0.6 is 0 Å². The first-order valence-corrected chi connectivity index (χ1v) is 5.24. The lowest BCUT2D eigenvalue weighted by Crippen LogP contribution is -2.48. The Hall–Kier alpha value is -0.570. The Bertz CT molecular complexity index is 215. The fourth-order valence-corrected chi connectivity index (χ4v) is 2.79. The zero-order chi connectivity index (χ0) is 9.26. The zero-order valence-electron chi connectivity index (χ0n) is 8.24. The van der Waals surface area contributed by atoms with E-state index < -0.39 is 0 Å². The SMILES string of the molecule is CN1CC/C(=N/O)[C@@H]2CCCC[C@@H]21. The smallest absolute Gasteiger partial charge is 0.0629 e. The molecule has 0 spiro atoms. The van der Waals surface area contributed by atoms with Crippen LogP contribution in [0.2, 0.25) is 0 Å². The summed E-state index contributed by atoms with van der Waals surface area (Å²) in [6.07, 6.45) is 6.08. The van der Waals surface area contributed by atoms with E-state index in [0.717, 1.165) is 18.7 Å². The van der Waals surface area contributed by atoms with E-state index in [1.807, 2.05) is 0 Å². The first-order chi connectivity index (χ1) is 6.33. The van der Waals surface area contributed by atoms with Gasteiger partial charge >= 0.3 is 0 Å². The second-order valence-electron chi connectivity index (χ2n) is 4.28. The monoisotopic (exact) mass is 182 g/mol. The summed E-state index contributed by atoms with van der Waals surface area (Å²) in [5, 5.41) is 12.3. The van der Waals surface area contributed by atoms with Gasteiger partial charge in [-0.2, -0.15) is 0 Å². The van der Waals surface area contributed by atoms with Crippen molar-refractivity contribution in [1.29, 1.82) is 0 Å². The Kier molecular flexibility index (Phi) is 2.54. The Balaban J connectivity index is 2.14. The van der Waals surface area contributed by atoms with Crippen molar-refractivity contribution in [2.24, 2.45) is 11.1 Å². The molecule has 1 N–H and O–H groups in total. The number of likely N-dealkylation sites (tertiary alicyclic amines) is 1. The van der Waals surface area contributed by atoms with Crippen molar-refractivity contribution < 1.29 is 5.21 Å². The van der Waals surface area contributed by atoms with Crippen LogP contribution in [0.15, 0.2) is 5.16 Å². The molecule has 0 unspecified atom stereocenters. The topological polar surface area (TPSA) is 35.8 Å². The van der Waals surface area contributed by atoms with Crippen LogP contribution < -0.4 is 0 Å². The number of hydrogen-bond acceptors (Lipinski definition) is 3. The molecule has 74 valence electrons. The fourth-order valence-electron chi connectivity index (χ4n) is 2.79. The van der Waals surface area contributed by atoms with E-state index >= 15 is 0 Å². The summed E-state index contributed by atoms with van der Waals surface area (Å²) in [5.41, 5.74) is 1.04. The lowest BCUT2D eigenvalue weighted by atomic mass is 9.77. The lowest BCUT2D eigenvalue weighted by molar-refractivity contribution is 0.143. The number of hydrogen-bond donors (Lipinski definition) is 1. The van der Waals surface area contributed by atoms with Crippen molar-refractivity contribution in [1.82, 2.24) is 4.90 Å². The molecule has 0 bridgehead atoms. The molecule has 2 rings (SSSR count). The van der Waals surface area contributed by atoms with Crippen LogP contribution in [0.4, 0.5) is 0 Å². The number of nitrogens with zero attached hydrogens (tertiary/aromatic N) is 2. The number of rotatable bonds is 0. The molecule has 1 saturated heterocycles. The highest BCUT2D eigenvalue weighted by Gasteiger charge is 2.35. The molecule has 2 fully saturated rings. The van der Waals surface area contributed by atoms with Crippen molar-refractivity contribution in [2.75, 3.05) is 13.6 Å². The van der Waals surface area contributed by atoms with Gasteiger partial charge in [0, 0.05) is 24.9 Å². The van der Waals surface area contributed by atoms with Gasteiger partial charge in [-0.1, -0.05) is 18.0 Å². The maximum absolute atomic E-state index is 8.89. The predicted octanol–water partition coefficient (Wildman–Crippen LogP) is 1.71. The Labute approximate surface area is 79.4 Å². The largest absolute Gasteiger partial charge is 0.411 e. The molecular formula is C10H18N2O. The first kappa shape index (κ1) is 9.00. The van der Waals surface area contributed by atoms with Crippen LogP contribution in [0.5, 0.6) is 0 Å². The van der Waals surface area contributed by atoms with E-state index in [1.165, 1.54) is 25.7 Å². The Morgan fingerprint density at radius 1 is 1.38 bits per heavy atom. The van der Waals surface area contributed by atoms with Gasteiger partial charge in [0.2, 0.25) is 0 Å². The van der Waals surface area contributed by atoms with Gasteiger partial charge in [0.25, 0.3) is 0 Å². The highest BCUT2D eigenvalue weighted by atomic mass is 16.4. The quantitative estimate of drug-likeness (QED) is 0.457. The third-order valence-electron chi connectivity index (χ3n) is 3.57. The van der Waals surface area contributed by atoms with Crippen molar-refractivity contribution >= 4 is 5.71 Å². The summed E-state index contributed by atoms with van der Waals surface area (Å²) in [5.74, 6) is 0.539. The third-order valence-corrected chi connectivity index (χ3v) is 3.57. The van der Waals surface area contributed by atoms with Crippen molar-refractivity contribution in [2.45, 2.75) is 38.1 Å². The van der Waals surface area contributed by atoms with E-state index in [0.29, 0.717) is 12.0 Å². The molecule has 0 aromatic carbocycles. The zero-order valence-corrected chi connectivity index (χ0v) is 8.24. The summed E-state index contributed by atoms with van der Waals surface area (Å²) in [6.45, 7) is 1.06. The molecule has 0 radical (unpaired) electrons. The molecule has 1 aliphatic heterocycles. The first-order valence-electron chi connectivity index (χ1n) is 5.24. The number of fused-ring (bicyclic) bond motifs is 1. The molecule has 3 heteroatoms. The fraction of sp³-hybridized carbons (Fsp3) is 0.900. The van der Waals surface area contributed by atoms with Gasteiger partial charge in [-0.25, -0.2) is 0 Å². The van der Waals surface area contributed by atoms with E-state index in [1.54, 1.807) is 0 Å². The molecule has 2 atom stereocenters. The third kappa shape index (κ3) is 1.57. The van der Waals surface area contributed by atoms with Gasteiger partial charge in [0.1, 0.15) is 0 Å². The van der Waals surface area contributed by atoms with Crippen LogP contribution in [-0.2, 0) is 0 Å². The summed E-state index contributed by atoms with van der Waals surface area (Å²) in [6, 6.07) is 0.647. The molecule has 0 amide bonds. The average Bonchev–Trinajstić information content (AvgIpc) is 2.19. The molecule has 1 heterocycles. The molecule has 0 aromatic rings. The molecule has 1 saturated carbocycles. The minimum absolute atomic E-state index is 0.539. The summed E-state index contributed by atoms with van der Waals surface area (Å²) in [7, 11) is 2.19.